The van der Waals surface area contributed by atoms with Gasteiger partial charge in [0.2, 0.25) is 0 Å². The van der Waals surface area contributed by atoms with Crippen LogP contribution in [0.1, 0.15) is 40.0 Å². The molecule has 0 bridgehead atoms. The van der Waals surface area contributed by atoms with Gasteiger partial charge in [-0.15, -0.1) is 0 Å². The molecule has 0 aliphatic heterocycles. The molecule has 0 radical (unpaired) electrons. The summed E-state index contributed by atoms with van der Waals surface area (Å²) in [6, 6.07) is 4.50. The van der Waals surface area contributed by atoms with Crippen LogP contribution in [0.2, 0.25) is 5.02 Å². The van der Waals surface area contributed by atoms with Gasteiger partial charge in [-0.25, -0.2) is 4.39 Å². The van der Waals surface area contributed by atoms with Crippen LogP contribution in [0, 0.1) is 11.7 Å². The lowest BCUT2D eigenvalue weighted by Gasteiger charge is -2.36. The molecule has 0 saturated carbocycles. The van der Waals surface area contributed by atoms with Crippen molar-refractivity contribution in [2.24, 2.45) is 11.7 Å². The molecule has 0 aliphatic carbocycles. The molecule has 19 heavy (non-hydrogen) atoms. The number of anilines is 1. The lowest BCUT2D eigenvalue weighted by Crippen LogP contribution is -2.46. The Morgan fingerprint density at radius 3 is 2.53 bits per heavy atom. The quantitative estimate of drug-likeness (QED) is 0.778. The van der Waals surface area contributed by atoms with Crippen LogP contribution in [0.15, 0.2) is 18.2 Å². The van der Waals surface area contributed by atoms with E-state index in [0.29, 0.717) is 23.2 Å². The third-order valence-corrected chi connectivity index (χ3v) is 3.99. The monoisotopic (exact) mass is 286 g/mol. The predicted octanol–water partition coefficient (Wildman–Crippen LogP) is 4.43. The van der Waals surface area contributed by atoms with Gasteiger partial charge in [0.1, 0.15) is 5.82 Å². The smallest absolute Gasteiger partial charge is 0.126 e. The maximum absolute atomic E-state index is 13.4. The molecule has 0 aliphatic rings. The largest absolute Gasteiger partial charge is 0.378 e. The molecule has 3 N–H and O–H groups in total. The summed E-state index contributed by atoms with van der Waals surface area (Å²) in [7, 11) is 0. The average molecular weight is 287 g/mol. The van der Waals surface area contributed by atoms with E-state index in [1.165, 1.54) is 12.1 Å². The minimum absolute atomic E-state index is 0.202. The molecule has 1 aromatic rings. The third-order valence-electron chi connectivity index (χ3n) is 3.78. The normalized spacial score (nSPS) is 15.9. The van der Waals surface area contributed by atoms with Crippen molar-refractivity contribution in [3.05, 3.63) is 29.0 Å². The van der Waals surface area contributed by atoms with Gasteiger partial charge in [-0.1, -0.05) is 38.8 Å². The highest BCUT2D eigenvalue weighted by atomic mass is 35.5. The molecule has 1 aromatic carbocycles. The molecule has 0 spiro atoms. The number of hydrogen-bond donors (Lipinski definition) is 2. The Kier molecular flexibility index (Phi) is 6.08. The molecule has 4 heteroatoms. The van der Waals surface area contributed by atoms with E-state index < -0.39 is 0 Å². The highest BCUT2D eigenvalue weighted by molar-refractivity contribution is 6.30. The number of nitrogens with one attached hydrogen (secondary N) is 1. The van der Waals surface area contributed by atoms with E-state index in [1.54, 1.807) is 6.07 Å². The topological polar surface area (TPSA) is 38.0 Å². The lowest BCUT2D eigenvalue weighted by atomic mass is 9.84. The zero-order chi connectivity index (χ0) is 14.5. The van der Waals surface area contributed by atoms with E-state index in [-0.39, 0.29) is 11.4 Å². The zero-order valence-corrected chi connectivity index (χ0v) is 12.7. The molecular formula is C15H24ClFN2. The van der Waals surface area contributed by atoms with Crippen LogP contribution in [0.25, 0.3) is 0 Å². The zero-order valence-electron chi connectivity index (χ0n) is 12.0. The van der Waals surface area contributed by atoms with Crippen LogP contribution in [0.4, 0.5) is 10.1 Å². The highest BCUT2D eigenvalue weighted by Crippen LogP contribution is 2.28. The van der Waals surface area contributed by atoms with Crippen LogP contribution < -0.4 is 11.1 Å². The minimum Gasteiger partial charge on any atom is -0.378 e. The van der Waals surface area contributed by atoms with E-state index in [1.807, 2.05) is 0 Å². The minimum atomic E-state index is -0.333. The number of halogens is 2. The number of rotatable bonds is 7. The fourth-order valence-corrected chi connectivity index (χ4v) is 2.53. The summed E-state index contributed by atoms with van der Waals surface area (Å²) in [6.07, 6.45) is 2.96. The Balaban J connectivity index is 2.93. The Bertz CT molecular complexity index is 385. The van der Waals surface area contributed by atoms with E-state index in [2.05, 4.69) is 26.1 Å². The fraction of sp³-hybridized carbons (Fsp3) is 0.600. The van der Waals surface area contributed by atoms with E-state index >= 15 is 0 Å². The van der Waals surface area contributed by atoms with Crippen molar-refractivity contribution < 1.29 is 4.39 Å². The van der Waals surface area contributed by atoms with Crippen LogP contribution in [0.5, 0.6) is 0 Å². The van der Waals surface area contributed by atoms with E-state index in [9.17, 15) is 4.39 Å². The summed E-state index contributed by atoms with van der Waals surface area (Å²) in [5.41, 5.74) is 6.45. The summed E-state index contributed by atoms with van der Waals surface area (Å²) in [6.45, 7) is 6.99. The van der Waals surface area contributed by atoms with Crippen molar-refractivity contribution in [3.8, 4) is 0 Å². The second-order valence-electron chi connectivity index (χ2n) is 5.34. The van der Waals surface area contributed by atoms with E-state index in [4.69, 9.17) is 17.3 Å². The third kappa shape index (κ3) is 4.66. The van der Waals surface area contributed by atoms with Crippen LogP contribution in [-0.4, -0.2) is 12.1 Å². The molecule has 0 aromatic heterocycles. The van der Waals surface area contributed by atoms with Gasteiger partial charge in [-0.3, -0.25) is 0 Å². The summed E-state index contributed by atoms with van der Waals surface area (Å²) in [4.78, 5) is 0. The van der Waals surface area contributed by atoms with Gasteiger partial charge in [-0.05, 0) is 37.0 Å². The predicted molar refractivity (Wildman–Crippen MR) is 81.2 cm³/mol. The SMILES string of the molecule is CCC(C)CC(CC)(CN)Nc1cc(F)cc(Cl)c1. The van der Waals surface area contributed by atoms with Gasteiger partial charge >= 0.3 is 0 Å². The van der Waals surface area contributed by atoms with Gasteiger partial charge < -0.3 is 11.1 Å². The van der Waals surface area contributed by atoms with E-state index in [0.717, 1.165) is 19.3 Å². The first-order chi connectivity index (χ1) is 8.94. The fourth-order valence-electron chi connectivity index (χ4n) is 2.31. The molecule has 0 heterocycles. The van der Waals surface area contributed by atoms with Crippen molar-refractivity contribution in [1.29, 1.82) is 0 Å². The maximum Gasteiger partial charge on any atom is 0.126 e. The number of benzene rings is 1. The van der Waals surface area contributed by atoms with Gasteiger partial charge in [-0.2, -0.15) is 0 Å². The van der Waals surface area contributed by atoms with Crippen molar-refractivity contribution in [1.82, 2.24) is 0 Å². The summed E-state index contributed by atoms with van der Waals surface area (Å²) in [5, 5.41) is 3.79. The molecule has 0 amide bonds. The van der Waals surface area contributed by atoms with Crippen LogP contribution in [0.3, 0.4) is 0 Å². The number of hydrogen-bond acceptors (Lipinski definition) is 2. The lowest BCUT2D eigenvalue weighted by molar-refractivity contribution is 0.346. The Hall–Kier alpha value is -0.800. The molecule has 2 atom stereocenters. The van der Waals surface area contributed by atoms with Gasteiger partial charge in [0.25, 0.3) is 0 Å². The van der Waals surface area contributed by atoms with Gasteiger partial charge in [0, 0.05) is 22.8 Å². The molecular weight excluding hydrogens is 263 g/mol. The first kappa shape index (κ1) is 16.3. The molecule has 1 rings (SSSR count). The molecule has 0 saturated heterocycles. The second kappa shape index (κ2) is 7.11. The first-order valence-corrected chi connectivity index (χ1v) is 7.26. The average Bonchev–Trinajstić information content (AvgIpc) is 2.36. The Morgan fingerprint density at radius 2 is 2.05 bits per heavy atom. The van der Waals surface area contributed by atoms with Crippen LogP contribution >= 0.6 is 11.6 Å². The van der Waals surface area contributed by atoms with Crippen molar-refractivity contribution in [3.63, 3.8) is 0 Å². The first-order valence-electron chi connectivity index (χ1n) is 6.89. The molecule has 2 nitrogen and oxygen atoms in total. The summed E-state index contributed by atoms with van der Waals surface area (Å²) >= 11 is 5.89. The van der Waals surface area contributed by atoms with Crippen molar-refractivity contribution in [2.75, 3.05) is 11.9 Å². The molecule has 2 unspecified atom stereocenters. The van der Waals surface area contributed by atoms with Gasteiger partial charge in [0.15, 0.2) is 0 Å². The molecule has 108 valence electrons. The Morgan fingerprint density at radius 1 is 1.37 bits per heavy atom. The second-order valence-corrected chi connectivity index (χ2v) is 5.78. The van der Waals surface area contributed by atoms with Crippen molar-refractivity contribution >= 4 is 17.3 Å². The highest BCUT2D eigenvalue weighted by Gasteiger charge is 2.28. The van der Waals surface area contributed by atoms with Gasteiger partial charge in [0.05, 0.1) is 0 Å². The summed E-state index contributed by atoms with van der Waals surface area (Å²) < 4.78 is 13.4. The Labute approximate surface area is 120 Å². The van der Waals surface area contributed by atoms with Crippen molar-refractivity contribution in [2.45, 2.75) is 45.6 Å². The standard InChI is InChI=1S/C15H24ClFN2/c1-4-11(3)9-15(5-2,10-18)19-14-7-12(16)6-13(17)8-14/h6-8,11,19H,4-5,9-10,18H2,1-3H3. The summed E-state index contributed by atoms with van der Waals surface area (Å²) in [5.74, 6) is 0.237. The number of nitrogens with two attached hydrogens (primary N) is 1. The van der Waals surface area contributed by atoms with Crippen LogP contribution in [-0.2, 0) is 0 Å². The maximum atomic E-state index is 13.4. The molecule has 0 fully saturated rings.